The number of rotatable bonds is 2. The Morgan fingerprint density at radius 3 is 2.71 bits per heavy atom. The molecule has 6 aliphatic rings. The molecule has 0 aromatic rings. The normalized spacial score (nSPS) is 49.5. The lowest BCUT2D eigenvalue weighted by Crippen LogP contribution is -2.55. The van der Waals surface area contributed by atoms with Gasteiger partial charge in [0.2, 0.25) is 0 Å². The molecule has 1 aliphatic heterocycles. The molecule has 0 radical (unpaired) electrons. The average molecular weight is 380 g/mol. The second kappa shape index (κ2) is 5.83. The Hall–Kier alpha value is -1.38. The minimum Gasteiger partial charge on any atom is -0.451 e. The molecule has 0 bridgehead atoms. The van der Waals surface area contributed by atoms with Gasteiger partial charge in [-0.1, -0.05) is 12.5 Å². The van der Waals surface area contributed by atoms with E-state index in [0.29, 0.717) is 5.92 Å². The number of allylic oxidation sites excluding steroid dienone is 2. The zero-order chi connectivity index (χ0) is 19.1. The quantitative estimate of drug-likeness (QED) is 0.648. The topological polar surface area (TPSA) is 50.2 Å². The van der Waals surface area contributed by atoms with E-state index in [-0.39, 0.29) is 17.0 Å². The molecule has 0 aromatic heterocycles. The Labute approximate surface area is 168 Å². The molecule has 1 N–H and O–H groups in total. The first kappa shape index (κ1) is 17.5. The van der Waals surface area contributed by atoms with Gasteiger partial charge in [-0.3, -0.25) is 0 Å². The number of hydrogen-bond donors (Lipinski definition) is 1. The van der Waals surface area contributed by atoms with Gasteiger partial charge in [-0.2, -0.15) is 0 Å². The van der Waals surface area contributed by atoms with Crippen molar-refractivity contribution in [3.8, 4) is 0 Å². The van der Waals surface area contributed by atoms with Crippen LogP contribution in [0.3, 0.4) is 0 Å². The maximum atomic E-state index is 12.1. The van der Waals surface area contributed by atoms with Crippen LogP contribution >= 0.6 is 0 Å². The third kappa shape index (κ3) is 2.17. The molecule has 7 atom stereocenters. The summed E-state index contributed by atoms with van der Waals surface area (Å²) in [6.45, 7) is 2.35. The number of carbonyl (C=O) groups is 1. The van der Waals surface area contributed by atoms with Crippen LogP contribution in [0.1, 0.15) is 71.1 Å². The molecule has 0 aromatic carbocycles. The van der Waals surface area contributed by atoms with Gasteiger partial charge in [-0.25, -0.2) is 4.79 Å². The molecule has 28 heavy (non-hydrogen) atoms. The number of hydrogen-bond acceptors (Lipinski definition) is 3. The number of ether oxygens (including phenoxy) is 1. The van der Waals surface area contributed by atoms with Gasteiger partial charge in [0, 0.05) is 17.2 Å². The van der Waals surface area contributed by atoms with Crippen LogP contribution < -0.4 is 0 Å². The van der Waals surface area contributed by atoms with Gasteiger partial charge >= 0.3 is 5.97 Å². The molecule has 6 rings (SSSR count). The smallest absolute Gasteiger partial charge is 0.331 e. The molecule has 150 valence electrons. The third-order valence-corrected chi connectivity index (χ3v) is 9.94. The van der Waals surface area contributed by atoms with E-state index in [9.17, 15) is 4.79 Å². The first-order valence-electron chi connectivity index (χ1n) is 11.8. The van der Waals surface area contributed by atoms with Crippen LogP contribution in [0, 0.1) is 46.3 Å². The summed E-state index contributed by atoms with van der Waals surface area (Å²) >= 11 is 0. The SMILES string of the molecule is CCC12CCC3C4CCC(=N)C=C4C[C@H](C4CC4)C3C1CCC21C=CC(=O)O1. The second-order valence-electron chi connectivity index (χ2n) is 10.7. The van der Waals surface area contributed by atoms with E-state index in [2.05, 4.69) is 19.1 Å². The highest BCUT2D eigenvalue weighted by atomic mass is 16.6. The van der Waals surface area contributed by atoms with E-state index in [1.165, 1.54) is 44.9 Å². The van der Waals surface area contributed by atoms with Crippen LogP contribution in [-0.2, 0) is 9.53 Å². The van der Waals surface area contributed by atoms with Crippen LogP contribution in [0.25, 0.3) is 0 Å². The Morgan fingerprint density at radius 1 is 1.14 bits per heavy atom. The van der Waals surface area contributed by atoms with Crippen molar-refractivity contribution in [3.63, 3.8) is 0 Å². The molecule has 4 fully saturated rings. The summed E-state index contributed by atoms with van der Waals surface area (Å²) in [5.41, 5.74) is 2.33. The predicted octanol–water partition coefficient (Wildman–Crippen LogP) is 5.46. The maximum absolute atomic E-state index is 12.1. The van der Waals surface area contributed by atoms with Crippen molar-refractivity contribution in [1.29, 1.82) is 5.41 Å². The van der Waals surface area contributed by atoms with E-state index in [1.807, 2.05) is 0 Å². The first-order valence-corrected chi connectivity index (χ1v) is 11.8. The lowest BCUT2D eigenvalue weighted by Gasteiger charge is -2.59. The summed E-state index contributed by atoms with van der Waals surface area (Å²) in [6, 6.07) is 0. The highest BCUT2D eigenvalue weighted by Gasteiger charge is 2.67. The van der Waals surface area contributed by atoms with Crippen molar-refractivity contribution in [2.45, 2.75) is 76.7 Å². The van der Waals surface area contributed by atoms with Crippen molar-refractivity contribution >= 4 is 11.7 Å². The third-order valence-electron chi connectivity index (χ3n) is 9.94. The summed E-state index contributed by atoms with van der Waals surface area (Å²) in [7, 11) is 0. The minimum atomic E-state index is -0.312. The Kier molecular flexibility index (Phi) is 3.64. The Bertz CT molecular complexity index is 792. The zero-order valence-electron chi connectivity index (χ0n) is 17.1. The molecule has 0 saturated heterocycles. The van der Waals surface area contributed by atoms with Gasteiger partial charge in [-0.15, -0.1) is 0 Å². The van der Waals surface area contributed by atoms with Crippen LogP contribution in [0.4, 0.5) is 0 Å². The molecular weight excluding hydrogens is 346 g/mol. The molecule has 6 unspecified atom stereocenters. The van der Waals surface area contributed by atoms with E-state index in [0.717, 1.165) is 54.6 Å². The van der Waals surface area contributed by atoms with Gasteiger partial charge in [0.25, 0.3) is 0 Å². The molecule has 1 spiro atoms. The van der Waals surface area contributed by atoms with E-state index >= 15 is 0 Å². The average Bonchev–Trinajstić information content (AvgIpc) is 3.40. The Balaban J connectivity index is 1.41. The largest absolute Gasteiger partial charge is 0.451 e. The van der Waals surface area contributed by atoms with Crippen molar-refractivity contribution in [2.24, 2.45) is 40.9 Å². The molecular formula is C25H33NO2. The van der Waals surface area contributed by atoms with Gasteiger partial charge in [-0.05, 0) is 112 Å². The fraction of sp³-hybridized carbons (Fsp3) is 0.760. The van der Waals surface area contributed by atoms with Crippen molar-refractivity contribution < 1.29 is 9.53 Å². The summed E-state index contributed by atoms with van der Waals surface area (Å²) in [4.78, 5) is 12.1. The maximum Gasteiger partial charge on any atom is 0.331 e. The van der Waals surface area contributed by atoms with Crippen molar-refractivity contribution in [1.82, 2.24) is 0 Å². The Morgan fingerprint density at radius 2 is 2.00 bits per heavy atom. The molecule has 5 aliphatic carbocycles. The van der Waals surface area contributed by atoms with Gasteiger partial charge in [0.1, 0.15) is 5.60 Å². The molecule has 1 heterocycles. The van der Waals surface area contributed by atoms with Gasteiger partial charge < -0.3 is 10.1 Å². The summed E-state index contributed by atoms with van der Waals surface area (Å²) in [6.07, 6.45) is 18.3. The summed E-state index contributed by atoms with van der Waals surface area (Å²) in [5, 5.41) is 8.21. The minimum absolute atomic E-state index is 0.117. The van der Waals surface area contributed by atoms with Crippen LogP contribution in [0.2, 0.25) is 0 Å². The number of esters is 1. The zero-order valence-corrected chi connectivity index (χ0v) is 17.1. The van der Waals surface area contributed by atoms with E-state index in [4.69, 9.17) is 10.1 Å². The monoisotopic (exact) mass is 379 g/mol. The van der Waals surface area contributed by atoms with Crippen molar-refractivity contribution in [2.75, 3.05) is 0 Å². The molecule has 0 amide bonds. The van der Waals surface area contributed by atoms with Gasteiger partial charge in [0.15, 0.2) is 0 Å². The van der Waals surface area contributed by atoms with E-state index < -0.39 is 0 Å². The molecule has 4 saturated carbocycles. The second-order valence-corrected chi connectivity index (χ2v) is 10.7. The molecule has 3 nitrogen and oxygen atoms in total. The van der Waals surface area contributed by atoms with Crippen LogP contribution in [0.15, 0.2) is 23.8 Å². The number of carbonyl (C=O) groups excluding carboxylic acids is 1. The highest BCUT2D eigenvalue weighted by Crippen LogP contribution is 2.70. The van der Waals surface area contributed by atoms with E-state index in [1.54, 1.807) is 11.6 Å². The standard InChI is InChI=1S/C25H33NO2/c1-2-24-10-7-19-18-6-5-17(26)13-16(18)14-20(15-3-4-15)23(19)21(24)8-11-25(24)12-9-22(27)28-25/h9,12-13,15,18-21,23,26H,2-8,10-11,14H2,1H3/t18?,19?,20-,21?,23?,24?,25?/m1/s1. The number of nitrogens with one attached hydrogen (secondary N) is 1. The highest BCUT2D eigenvalue weighted by molar-refractivity contribution is 5.93. The van der Waals surface area contributed by atoms with Crippen LogP contribution in [-0.4, -0.2) is 17.3 Å². The number of fused-ring (bicyclic) bond motifs is 6. The molecule has 3 heteroatoms. The fourth-order valence-electron chi connectivity index (χ4n) is 8.77. The fourth-order valence-corrected chi connectivity index (χ4v) is 8.77. The lowest BCUT2D eigenvalue weighted by atomic mass is 9.46. The van der Waals surface area contributed by atoms with Crippen molar-refractivity contribution in [3.05, 3.63) is 23.8 Å². The van der Waals surface area contributed by atoms with Crippen LogP contribution in [0.5, 0.6) is 0 Å². The lowest BCUT2D eigenvalue weighted by molar-refractivity contribution is -0.167. The summed E-state index contributed by atoms with van der Waals surface area (Å²) < 4.78 is 6.10. The summed E-state index contributed by atoms with van der Waals surface area (Å²) in [5.74, 6) is 4.65. The predicted molar refractivity (Wildman–Crippen MR) is 109 cm³/mol. The first-order chi connectivity index (χ1) is 13.6. The van der Waals surface area contributed by atoms with Gasteiger partial charge in [0.05, 0.1) is 0 Å².